The zero-order valence-corrected chi connectivity index (χ0v) is 17.2. The lowest BCUT2D eigenvalue weighted by atomic mass is 9.41. The van der Waals surface area contributed by atoms with Crippen LogP contribution in [0, 0.1) is 5.92 Å². The number of rotatable bonds is 2. The fourth-order valence-corrected chi connectivity index (χ4v) is 6.55. The number of benzene rings is 2. The van der Waals surface area contributed by atoms with Crippen molar-refractivity contribution in [2.45, 2.75) is 30.8 Å². The second-order valence-corrected chi connectivity index (χ2v) is 8.85. The molecule has 2 bridgehead atoms. The highest BCUT2D eigenvalue weighted by Crippen LogP contribution is 2.71. The van der Waals surface area contributed by atoms with Crippen molar-refractivity contribution in [3.8, 4) is 0 Å². The summed E-state index contributed by atoms with van der Waals surface area (Å²) in [7, 11) is 1.57. The maximum Gasteiger partial charge on any atom is 0.347 e. The topological polar surface area (TPSA) is 48.9 Å². The van der Waals surface area contributed by atoms with Gasteiger partial charge < -0.3 is 0 Å². The maximum atomic E-state index is 13.3. The minimum Gasteiger partial charge on any atom is -0.246 e. The molecule has 1 aromatic heterocycles. The van der Waals surface area contributed by atoms with Crippen molar-refractivity contribution in [3.63, 3.8) is 0 Å². The molecule has 0 radical (unpaired) electrons. The lowest BCUT2D eigenvalue weighted by Crippen LogP contribution is -2.71. The van der Waals surface area contributed by atoms with Gasteiger partial charge in [0.2, 0.25) is 0 Å². The maximum absolute atomic E-state index is 13.3. The molecule has 4 aliphatic rings. The molecule has 150 valence electrons. The lowest BCUT2D eigenvalue weighted by molar-refractivity contribution is 0.0344. The van der Waals surface area contributed by atoms with E-state index in [1.807, 2.05) is 12.1 Å². The van der Waals surface area contributed by atoms with Gasteiger partial charge in [-0.3, -0.25) is 0 Å². The van der Waals surface area contributed by atoms with Gasteiger partial charge in [-0.2, -0.15) is 0 Å². The summed E-state index contributed by atoms with van der Waals surface area (Å²) in [6.45, 7) is 4.29. The Morgan fingerprint density at radius 1 is 0.900 bits per heavy atom. The molecule has 4 atom stereocenters. The monoisotopic (exact) mass is 397 g/mol. The summed E-state index contributed by atoms with van der Waals surface area (Å²) < 4.78 is 4.62. The molecule has 3 heterocycles. The summed E-state index contributed by atoms with van der Waals surface area (Å²) in [6, 6.07) is 20.7. The predicted octanol–water partition coefficient (Wildman–Crippen LogP) is 3.23. The van der Waals surface area contributed by atoms with Crippen LogP contribution in [0.15, 0.2) is 88.0 Å². The Hall–Kier alpha value is -3.34. The van der Waals surface area contributed by atoms with Gasteiger partial charge >= 0.3 is 11.4 Å². The van der Waals surface area contributed by atoms with Gasteiger partial charge in [-0.05, 0) is 30.5 Å². The second-order valence-electron chi connectivity index (χ2n) is 8.85. The third kappa shape index (κ3) is 1.64. The van der Waals surface area contributed by atoms with Crippen LogP contribution in [-0.2, 0) is 18.0 Å². The van der Waals surface area contributed by atoms with E-state index in [0.717, 1.165) is 0 Å². The van der Waals surface area contributed by atoms with Crippen LogP contribution in [-0.4, -0.2) is 13.9 Å². The minimum absolute atomic E-state index is 0.115. The molecule has 30 heavy (non-hydrogen) atoms. The molecule has 7 rings (SSSR count). The van der Waals surface area contributed by atoms with E-state index in [9.17, 15) is 9.59 Å². The molecule has 5 heteroatoms. The average molecular weight is 397 g/mol. The Morgan fingerprint density at radius 2 is 1.53 bits per heavy atom. The third-order valence-corrected chi connectivity index (χ3v) is 7.66. The molecule has 2 aromatic carbocycles. The van der Waals surface area contributed by atoms with E-state index in [2.05, 4.69) is 74.5 Å². The van der Waals surface area contributed by atoms with E-state index in [0.29, 0.717) is 0 Å². The van der Waals surface area contributed by atoms with E-state index in [1.165, 1.54) is 26.8 Å². The fourth-order valence-electron chi connectivity index (χ4n) is 6.55. The van der Waals surface area contributed by atoms with E-state index >= 15 is 0 Å². The first-order valence-electron chi connectivity index (χ1n) is 10.4. The predicted molar refractivity (Wildman–Crippen MR) is 116 cm³/mol. The third-order valence-electron chi connectivity index (χ3n) is 7.66. The van der Waals surface area contributed by atoms with Crippen molar-refractivity contribution in [1.29, 1.82) is 0 Å². The van der Waals surface area contributed by atoms with Crippen LogP contribution in [0.25, 0.3) is 5.57 Å². The van der Waals surface area contributed by atoms with Gasteiger partial charge in [-0.1, -0.05) is 78.4 Å². The summed E-state index contributed by atoms with van der Waals surface area (Å²) in [5.74, 6) is 0.115. The van der Waals surface area contributed by atoms with Gasteiger partial charge in [0.15, 0.2) is 0 Å². The van der Waals surface area contributed by atoms with E-state index < -0.39 is 11.0 Å². The molecule has 2 aliphatic heterocycles. The standard InChI is InChI=1S/C25H23N3O2/c1-16-20(17-10-6-4-7-11-17)25(18-12-8-5-9-13-18)21(16)19-14-15-24(25,2)28-23(30)26(3)22(29)27(19)28/h4-15,19,21H,1-3H3/t19-,21+,24-,25-/m0/s1. The van der Waals surface area contributed by atoms with E-state index in [4.69, 9.17) is 0 Å². The molecular formula is C25H23N3O2. The van der Waals surface area contributed by atoms with Crippen molar-refractivity contribution in [3.05, 3.63) is 110 Å². The van der Waals surface area contributed by atoms with Crippen molar-refractivity contribution in [2.24, 2.45) is 13.0 Å². The Labute approximate surface area is 174 Å². The average Bonchev–Trinajstić information content (AvgIpc) is 3.00. The van der Waals surface area contributed by atoms with Crippen LogP contribution >= 0.6 is 0 Å². The number of nitrogens with zero attached hydrogens (tertiary/aromatic N) is 3. The number of aromatic nitrogens is 3. The smallest absolute Gasteiger partial charge is 0.246 e. The minimum atomic E-state index is -0.698. The number of allylic oxidation sites excluding steroid dienone is 4. The highest BCUT2D eigenvalue weighted by atomic mass is 16.2. The molecule has 5 nitrogen and oxygen atoms in total. The largest absolute Gasteiger partial charge is 0.347 e. The molecule has 0 saturated carbocycles. The van der Waals surface area contributed by atoms with Crippen LogP contribution < -0.4 is 11.4 Å². The molecule has 0 spiro atoms. The van der Waals surface area contributed by atoms with E-state index in [1.54, 1.807) is 16.4 Å². The Kier molecular flexibility index (Phi) is 3.16. The Balaban J connectivity index is 1.77. The van der Waals surface area contributed by atoms with Crippen LogP contribution in [0.5, 0.6) is 0 Å². The first kappa shape index (κ1) is 17.5. The molecule has 0 N–H and O–H groups in total. The first-order chi connectivity index (χ1) is 14.4. The first-order valence-corrected chi connectivity index (χ1v) is 10.4. The molecule has 0 saturated heterocycles. The van der Waals surface area contributed by atoms with E-state index in [-0.39, 0.29) is 23.3 Å². The molecule has 0 amide bonds. The van der Waals surface area contributed by atoms with Gasteiger partial charge in [0, 0.05) is 13.0 Å². The molecule has 0 unspecified atom stereocenters. The molecule has 3 aromatic rings. The summed E-state index contributed by atoms with van der Waals surface area (Å²) in [4.78, 5) is 26.3. The van der Waals surface area contributed by atoms with Crippen molar-refractivity contribution in [1.82, 2.24) is 13.9 Å². The van der Waals surface area contributed by atoms with Gasteiger partial charge in [0.05, 0.1) is 17.0 Å². The molecule has 2 aliphatic carbocycles. The number of hydrogen-bond acceptors (Lipinski definition) is 2. The zero-order chi connectivity index (χ0) is 20.8. The SMILES string of the molecule is CC1=C(c2ccccc2)[C@@]2(c3ccccc3)[C@H]1[C@@H]1C=C[C@]2(C)n2c(=O)n(C)c(=O)n21. The Bertz CT molecular complexity index is 1370. The van der Waals surface area contributed by atoms with Crippen LogP contribution in [0.3, 0.4) is 0 Å². The second kappa shape index (κ2) is 5.42. The summed E-state index contributed by atoms with van der Waals surface area (Å²) >= 11 is 0. The summed E-state index contributed by atoms with van der Waals surface area (Å²) in [5.41, 5.74) is 3.30. The van der Waals surface area contributed by atoms with Gasteiger partial charge in [0.1, 0.15) is 0 Å². The van der Waals surface area contributed by atoms with Gasteiger partial charge in [0.25, 0.3) is 0 Å². The lowest BCUT2D eigenvalue weighted by Gasteiger charge is -2.67. The van der Waals surface area contributed by atoms with Crippen LogP contribution in [0.2, 0.25) is 0 Å². The van der Waals surface area contributed by atoms with Crippen molar-refractivity contribution in [2.75, 3.05) is 0 Å². The summed E-state index contributed by atoms with van der Waals surface area (Å²) in [6.07, 6.45) is 4.27. The molecule has 0 fully saturated rings. The summed E-state index contributed by atoms with van der Waals surface area (Å²) in [5, 5.41) is 0. The van der Waals surface area contributed by atoms with Gasteiger partial charge in [-0.25, -0.2) is 23.5 Å². The number of hydrogen-bond donors (Lipinski definition) is 0. The van der Waals surface area contributed by atoms with Gasteiger partial charge in [-0.15, -0.1) is 0 Å². The highest BCUT2D eigenvalue weighted by Gasteiger charge is 2.70. The Morgan fingerprint density at radius 3 is 2.20 bits per heavy atom. The van der Waals surface area contributed by atoms with Crippen molar-refractivity contribution < 1.29 is 0 Å². The highest BCUT2D eigenvalue weighted by molar-refractivity contribution is 5.88. The fraction of sp³-hybridized carbons (Fsp3) is 0.280. The normalized spacial score (nSPS) is 30.8. The van der Waals surface area contributed by atoms with Crippen LogP contribution in [0.1, 0.15) is 31.0 Å². The quantitative estimate of drug-likeness (QED) is 0.624. The zero-order valence-electron chi connectivity index (χ0n) is 17.2. The van der Waals surface area contributed by atoms with Crippen molar-refractivity contribution >= 4 is 5.57 Å². The van der Waals surface area contributed by atoms with Crippen LogP contribution in [0.4, 0.5) is 0 Å². The molecular weight excluding hydrogens is 374 g/mol.